The van der Waals surface area contributed by atoms with Crippen LogP contribution >= 0.6 is 0 Å². The van der Waals surface area contributed by atoms with Crippen molar-refractivity contribution in [2.24, 2.45) is 0 Å². The fourth-order valence-corrected chi connectivity index (χ4v) is 0.742. The number of hydrogen-bond donors (Lipinski definition) is 0. The zero-order chi connectivity index (χ0) is 7.56. The molecule has 0 spiro atoms. The number of non-ortho nitro benzene ring substituents is 1. The molecule has 0 unspecified atom stereocenters. The maximum atomic E-state index is 10.2. The molecule has 11 heavy (non-hydrogen) atoms. The van der Waals surface area contributed by atoms with E-state index in [0.29, 0.717) is 0 Å². The van der Waals surface area contributed by atoms with Crippen LogP contribution in [0.1, 0.15) is 5.56 Å². The van der Waals surface area contributed by atoms with Gasteiger partial charge in [0, 0.05) is 12.1 Å². The van der Waals surface area contributed by atoms with E-state index in [9.17, 15) is 10.1 Å². The molecular weight excluding hydrogens is 169 g/mol. The van der Waals surface area contributed by atoms with Crippen molar-refractivity contribution in [2.75, 3.05) is 0 Å². The van der Waals surface area contributed by atoms with Crippen LogP contribution in [0.3, 0.4) is 0 Å². The van der Waals surface area contributed by atoms with Gasteiger partial charge in [0.05, 0.1) is 4.92 Å². The molecule has 0 saturated carbocycles. The summed E-state index contributed by atoms with van der Waals surface area (Å²) in [7, 11) is 0. The number of nitro benzene ring substituents is 1. The molecule has 0 aliphatic rings. The van der Waals surface area contributed by atoms with E-state index in [1.54, 1.807) is 12.1 Å². The van der Waals surface area contributed by atoms with Crippen LogP contribution in [0, 0.1) is 17.0 Å². The van der Waals surface area contributed by atoms with E-state index in [1.165, 1.54) is 6.07 Å². The minimum atomic E-state index is -0.396. The third kappa shape index (κ3) is 3.44. The van der Waals surface area contributed by atoms with Gasteiger partial charge in [-0.2, -0.15) is 0 Å². The van der Waals surface area contributed by atoms with E-state index in [1.807, 2.05) is 13.0 Å². The van der Waals surface area contributed by atoms with Gasteiger partial charge in [-0.1, -0.05) is 12.1 Å². The van der Waals surface area contributed by atoms with E-state index < -0.39 is 4.92 Å². The molecule has 1 aromatic rings. The van der Waals surface area contributed by atoms with E-state index in [4.69, 9.17) is 0 Å². The number of hydrogen-bond acceptors (Lipinski definition) is 2. The molecule has 0 radical (unpaired) electrons. The first-order valence-electron chi connectivity index (χ1n) is 2.91. The van der Waals surface area contributed by atoms with Crippen LogP contribution in [0.5, 0.6) is 0 Å². The fourth-order valence-electron chi connectivity index (χ4n) is 0.742. The van der Waals surface area contributed by atoms with Gasteiger partial charge in [0.1, 0.15) is 0 Å². The average molecular weight is 177 g/mol. The molecule has 0 heterocycles. The molecule has 0 N–H and O–H groups in total. The van der Waals surface area contributed by atoms with Crippen LogP contribution in [0.15, 0.2) is 24.3 Å². The molecule has 1 aromatic carbocycles. The Hall–Kier alpha value is 0.256. The first kappa shape index (κ1) is 11.3. The number of nitrogens with zero attached hydrogens (tertiary/aromatic N) is 1. The summed E-state index contributed by atoms with van der Waals surface area (Å²) in [5, 5.41) is 10.2. The molecule has 0 aliphatic heterocycles. The standard InChI is InChI=1S/C7H7NO2.K.H/c1-6-3-2-4-7(5-6)8(9)10;;/h2-5H,1H3;;. The molecule has 0 aliphatic carbocycles. The monoisotopic (exact) mass is 177 g/mol. The van der Waals surface area contributed by atoms with Crippen molar-refractivity contribution in [1.82, 2.24) is 0 Å². The zero-order valence-corrected chi connectivity index (χ0v) is 5.57. The predicted molar refractivity (Wildman–Crippen MR) is 45.0 cm³/mol. The molecule has 0 saturated heterocycles. The van der Waals surface area contributed by atoms with E-state index in [0.717, 1.165) is 5.56 Å². The van der Waals surface area contributed by atoms with Crippen molar-refractivity contribution < 1.29 is 4.92 Å². The van der Waals surface area contributed by atoms with Crippen LogP contribution in [0.25, 0.3) is 0 Å². The van der Waals surface area contributed by atoms with Gasteiger partial charge in [-0.15, -0.1) is 0 Å². The molecule has 4 heteroatoms. The normalized spacial score (nSPS) is 8.45. The quantitative estimate of drug-likeness (QED) is 0.368. The van der Waals surface area contributed by atoms with Crippen molar-refractivity contribution >= 4 is 57.1 Å². The summed E-state index contributed by atoms with van der Waals surface area (Å²) in [5.74, 6) is 0. The molecule has 3 nitrogen and oxygen atoms in total. The van der Waals surface area contributed by atoms with E-state index >= 15 is 0 Å². The third-order valence-corrected chi connectivity index (χ3v) is 1.21. The maximum absolute atomic E-state index is 10.2. The third-order valence-electron chi connectivity index (χ3n) is 1.21. The second-order valence-corrected chi connectivity index (χ2v) is 2.10. The van der Waals surface area contributed by atoms with Crippen molar-refractivity contribution in [1.29, 1.82) is 0 Å². The van der Waals surface area contributed by atoms with Gasteiger partial charge >= 0.3 is 51.4 Å². The average Bonchev–Trinajstić information content (AvgIpc) is 1.88. The number of aryl methyl sites for hydroxylation is 1. The van der Waals surface area contributed by atoms with Crippen molar-refractivity contribution in [2.45, 2.75) is 6.92 Å². The molecule has 54 valence electrons. The van der Waals surface area contributed by atoms with Gasteiger partial charge in [-0.25, -0.2) is 0 Å². The van der Waals surface area contributed by atoms with Crippen LogP contribution in [0.2, 0.25) is 0 Å². The zero-order valence-electron chi connectivity index (χ0n) is 5.57. The molecular formula is C7H8KNO2. The Morgan fingerprint density at radius 1 is 1.45 bits per heavy atom. The number of nitro groups is 1. The van der Waals surface area contributed by atoms with Gasteiger partial charge in [0.2, 0.25) is 0 Å². The number of rotatable bonds is 1. The number of benzene rings is 1. The summed E-state index contributed by atoms with van der Waals surface area (Å²) in [6.45, 7) is 1.83. The van der Waals surface area contributed by atoms with Crippen LogP contribution in [0.4, 0.5) is 5.69 Å². The van der Waals surface area contributed by atoms with E-state index in [2.05, 4.69) is 0 Å². The second kappa shape index (κ2) is 5.00. The minimum absolute atomic E-state index is 0. The van der Waals surface area contributed by atoms with Gasteiger partial charge in [0.15, 0.2) is 0 Å². The molecule has 0 fully saturated rings. The van der Waals surface area contributed by atoms with Gasteiger partial charge in [-0.05, 0) is 12.5 Å². The van der Waals surface area contributed by atoms with Crippen molar-refractivity contribution in [3.8, 4) is 0 Å². The Morgan fingerprint density at radius 2 is 2.09 bits per heavy atom. The van der Waals surface area contributed by atoms with Gasteiger partial charge in [-0.3, -0.25) is 10.1 Å². The topological polar surface area (TPSA) is 43.1 Å². The summed E-state index contributed by atoms with van der Waals surface area (Å²) >= 11 is 0. The summed E-state index contributed by atoms with van der Waals surface area (Å²) < 4.78 is 0. The molecule has 0 aromatic heterocycles. The summed E-state index contributed by atoms with van der Waals surface area (Å²) in [6.07, 6.45) is 0. The molecule has 0 amide bonds. The van der Waals surface area contributed by atoms with Crippen LogP contribution in [-0.4, -0.2) is 56.3 Å². The second-order valence-electron chi connectivity index (χ2n) is 2.10. The van der Waals surface area contributed by atoms with Crippen molar-refractivity contribution in [3.05, 3.63) is 39.9 Å². The summed E-state index contributed by atoms with van der Waals surface area (Å²) in [5.41, 5.74) is 1.06. The van der Waals surface area contributed by atoms with E-state index in [-0.39, 0.29) is 57.1 Å². The first-order chi connectivity index (χ1) is 4.70. The van der Waals surface area contributed by atoms with Gasteiger partial charge in [0.25, 0.3) is 5.69 Å². The molecule has 0 bridgehead atoms. The van der Waals surface area contributed by atoms with Crippen LogP contribution < -0.4 is 0 Å². The Labute approximate surface area is 107 Å². The fraction of sp³-hybridized carbons (Fsp3) is 0.143. The summed E-state index contributed by atoms with van der Waals surface area (Å²) in [4.78, 5) is 9.76. The Bertz CT molecular complexity index is 262. The Balaban J connectivity index is 0.000001000. The summed E-state index contributed by atoms with van der Waals surface area (Å²) in [6, 6.07) is 6.52. The first-order valence-corrected chi connectivity index (χ1v) is 2.91. The SMILES string of the molecule is Cc1cccc([N+](=O)[O-])c1.[KH]. The Kier molecular flexibility index (Phi) is 5.12. The van der Waals surface area contributed by atoms with Crippen LogP contribution in [-0.2, 0) is 0 Å². The Morgan fingerprint density at radius 3 is 2.45 bits per heavy atom. The van der Waals surface area contributed by atoms with Crippen molar-refractivity contribution in [3.63, 3.8) is 0 Å². The molecule has 0 atom stereocenters. The van der Waals surface area contributed by atoms with Gasteiger partial charge < -0.3 is 0 Å². The molecule has 1 rings (SSSR count). The predicted octanol–water partition coefficient (Wildman–Crippen LogP) is 1.25.